The van der Waals surface area contributed by atoms with Crippen LogP contribution in [-0.2, 0) is 6.42 Å². The number of rotatable bonds is 3. The quantitative estimate of drug-likeness (QED) is 0.493. The third kappa shape index (κ3) is 2.39. The summed E-state index contributed by atoms with van der Waals surface area (Å²) < 4.78 is 0. The fourth-order valence-corrected chi connectivity index (χ4v) is 4.00. The van der Waals surface area contributed by atoms with E-state index in [-0.39, 0.29) is 16.7 Å². The summed E-state index contributed by atoms with van der Waals surface area (Å²) in [5, 5.41) is 14.5. The first-order valence-electron chi connectivity index (χ1n) is 8.47. The maximum Gasteiger partial charge on any atom is 0.269 e. The number of allylic oxidation sites excluding steroid dienone is 2. The summed E-state index contributed by atoms with van der Waals surface area (Å²) >= 11 is 0. The van der Waals surface area contributed by atoms with Crippen molar-refractivity contribution in [1.82, 2.24) is 0 Å². The van der Waals surface area contributed by atoms with Gasteiger partial charge in [0.05, 0.1) is 11.0 Å². The molecule has 0 unspecified atom stereocenters. The summed E-state index contributed by atoms with van der Waals surface area (Å²) in [6.45, 7) is 2.18. The highest BCUT2D eigenvalue weighted by atomic mass is 16.6. The standard InChI is InChI=1S/C20H20N2O2/c1-2-13-6-11-19-18(12-13)16-4-3-5-17(16)20(21-19)14-7-9-15(10-8-14)22(23)24/h3-4,6-12,16-17,20-21H,2,5H2,1H3/t16-,17+,20-/m0/s1. The highest BCUT2D eigenvalue weighted by molar-refractivity contribution is 5.61. The second kappa shape index (κ2) is 5.78. The second-order valence-corrected chi connectivity index (χ2v) is 6.60. The van der Waals surface area contributed by atoms with E-state index in [4.69, 9.17) is 0 Å². The molecule has 0 saturated carbocycles. The van der Waals surface area contributed by atoms with Crippen LogP contribution < -0.4 is 5.32 Å². The van der Waals surface area contributed by atoms with Gasteiger partial charge >= 0.3 is 0 Å². The number of nitro benzene ring substituents is 1. The molecule has 1 heterocycles. The van der Waals surface area contributed by atoms with E-state index in [1.54, 1.807) is 12.1 Å². The van der Waals surface area contributed by atoms with Gasteiger partial charge in [-0.05, 0) is 41.5 Å². The second-order valence-electron chi connectivity index (χ2n) is 6.60. The van der Waals surface area contributed by atoms with Crippen LogP contribution in [0.2, 0.25) is 0 Å². The molecule has 0 spiro atoms. The summed E-state index contributed by atoms with van der Waals surface area (Å²) in [6, 6.07) is 13.8. The van der Waals surface area contributed by atoms with Gasteiger partial charge in [-0.1, -0.05) is 43.3 Å². The lowest BCUT2D eigenvalue weighted by atomic mass is 9.76. The molecule has 1 aliphatic heterocycles. The number of non-ortho nitro benzene ring substituents is 1. The molecule has 24 heavy (non-hydrogen) atoms. The van der Waals surface area contributed by atoms with Crippen molar-refractivity contribution in [1.29, 1.82) is 0 Å². The fourth-order valence-electron chi connectivity index (χ4n) is 4.00. The monoisotopic (exact) mass is 320 g/mol. The average molecular weight is 320 g/mol. The zero-order chi connectivity index (χ0) is 16.7. The number of aryl methyl sites for hydroxylation is 1. The van der Waals surface area contributed by atoms with E-state index in [0.717, 1.165) is 18.4 Å². The molecular formula is C20H20N2O2. The van der Waals surface area contributed by atoms with Crippen LogP contribution in [0.25, 0.3) is 0 Å². The number of anilines is 1. The van der Waals surface area contributed by atoms with Gasteiger partial charge in [-0.2, -0.15) is 0 Å². The number of nitro groups is 1. The highest BCUT2D eigenvalue weighted by Crippen LogP contribution is 2.50. The SMILES string of the molecule is CCc1ccc2c(c1)[C@H]1C=CC[C@H]1[C@H](c1ccc([N+](=O)[O-])cc1)N2. The van der Waals surface area contributed by atoms with Gasteiger partial charge in [0.2, 0.25) is 0 Å². The topological polar surface area (TPSA) is 55.2 Å². The van der Waals surface area contributed by atoms with Crippen LogP contribution >= 0.6 is 0 Å². The number of hydrogen-bond acceptors (Lipinski definition) is 3. The van der Waals surface area contributed by atoms with Gasteiger partial charge in [-0.25, -0.2) is 0 Å². The molecule has 0 amide bonds. The van der Waals surface area contributed by atoms with E-state index in [9.17, 15) is 10.1 Å². The van der Waals surface area contributed by atoms with Crippen molar-refractivity contribution in [2.45, 2.75) is 31.7 Å². The van der Waals surface area contributed by atoms with Crippen molar-refractivity contribution < 1.29 is 4.92 Å². The molecule has 4 heteroatoms. The molecule has 0 radical (unpaired) electrons. The van der Waals surface area contributed by atoms with Gasteiger partial charge in [-0.15, -0.1) is 0 Å². The number of nitrogens with zero attached hydrogens (tertiary/aromatic N) is 1. The van der Waals surface area contributed by atoms with Crippen LogP contribution in [0, 0.1) is 16.0 Å². The van der Waals surface area contributed by atoms with Gasteiger partial charge < -0.3 is 5.32 Å². The molecule has 3 atom stereocenters. The molecule has 1 aliphatic carbocycles. The lowest BCUT2D eigenvalue weighted by molar-refractivity contribution is -0.384. The van der Waals surface area contributed by atoms with E-state index in [0.29, 0.717) is 11.8 Å². The maximum atomic E-state index is 10.9. The van der Waals surface area contributed by atoms with E-state index >= 15 is 0 Å². The lowest BCUT2D eigenvalue weighted by Crippen LogP contribution is -2.29. The van der Waals surface area contributed by atoms with Gasteiger partial charge in [0.1, 0.15) is 0 Å². The van der Waals surface area contributed by atoms with E-state index in [1.165, 1.54) is 16.8 Å². The molecule has 2 aromatic carbocycles. The molecule has 122 valence electrons. The average Bonchev–Trinajstić information content (AvgIpc) is 3.10. The van der Waals surface area contributed by atoms with Gasteiger partial charge in [0.25, 0.3) is 5.69 Å². The van der Waals surface area contributed by atoms with Crippen LogP contribution in [0.5, 0.6) is 0 Å². The number of nitrogens with one attached hydrogen (secondary N) is 1. The molecule has 4 nitrogen and oxygen atoms in total. The normalized spacial score (nSPS) is 24.1. The fraction of sp³-hybridized carbons (Fsp3) is 0.300. The Kier molecular flexibility index (Phi) is 3.60. The van der Waals surface area contributed by atoms with E-state index in [1.807, 2.05) is 12.1 Å². The van der Waals surface area contributed by atoms with Crippen LogP contribution in [-0.4, -0.2) is 4.92 Å². The summed E-state index contributed by atoms with van der Waals surface area (Å²) in [4.78, 5) is 10.5. The van der Waals surface area contributed by atoms with Gasteiger partial charge in [-0.3, -0.25) is 10.1 Å². The Balaban J connectivity index is 1.71. The first-order valence-corrected chi connectivity index (χ1v) is 8.47. The molecule has 4 rings (SSSR count). The van der Waals surface area contributed by atoms with Crippen LogP contribution in [0.4, 0.5) is 11.4 Å². The minimum absolute atomic E-state index is 0.142. The third-order valence-electron chi connectivity index (χ3n) is 5.30. The molecular weight excluding hydrogens is 300 g/mol. The van der Waals surface area contributed by atoms with Gasteiger partial charge in [0.15, 0.2) is 0 Å². The van der Waals surface area contributed by atoms with Gasteiger partial charge in [0, 0.05) is 23.7 Å². The Hall–Kier alpha value is -2.62. The minimum Gasteiger partial charge on any atom is -0.378 e. The van der Waals surface area contributed by atoms with Crippen molar-refractivity contribution in [2.24, 2.45) is 5.92 Å². The lowest BCUT2D eigenvalue weighted by Gasteiger charge is -2.37. The molecule has 2 aliphatic rings. The smallest absolute Gasteiger partial charge is 0.269 e. The Bertz CT molecular complexity index is 811. The van der Waals surface area contributed by atoms with Crippen molar-refractivity contribution in [3.8, 4) is 0 Å². The predicted octanol–water partition coefficient (Wildman–Crippen LogP) is 4.98. The Morgan fingerprint density at radius 1 is 1.21 bits per heavy atom. The van der Waals surface area contributed by atoms with E-state index < -0.39 is 0 Å². The zero-order valence-corrected chi connectivity index (χ0v) is 13.6. The Morgan fingerprint density at radius 3 is 2.71 bits per heavy atom. The Labute approximate surface area is 141 Å². The summed E-state index contributed by atoms with van der Waals surface area (Å²) in [6.07, 6.45) is 6.67. The molecule has 2 aromatic rings. The maximum absolute atomic E-state index is 10.9. The summed E-state index contributed by atoms with van der Waals surface area (Å²) in [5.74, 6) is 0.888. The van der Waals surface area contributed by atoms with Crippen LogP contribution in [0.15, 0.2) is 54.6 Å². The molecule has 0 saturated heterocycles. The first kappa shape index (κ1) is 14.9. The number of fused-ring (bicyclic) bond motifs is 3. The van der Waals surface area contributed by atoms with Crippen molar-refractivity contribution >= 4 is 11.4 Å². The highest BCUT2D eigenvalue weighted by Gasteiger charge is 2.37. The zero-order valence-electron chi connectivity index (χ0n) is 13.6. The minimum atomic E-state index is -0.348. The van der Waals surface area contributed by atoms with Crippen molar-refractivity contribution in [2.75, 3.05) is 5.32 Å². The van der Waals surface area contributed by atoms with Crippen molar-refractivity contribution in [3.05, 3.63) is 81.4 Å². The van der Waals surface area contributed by atoms with Crippen LogP contribution in [0.3, 0.4) is 0 Å². The van der Waals surface area contributed by atoms with E-state index in [2.05, 4.69) is 42.6 Å². The third-order valence-corrected chi connectivity index (χ3v) is 5.30. The predicted molar refractivity (Wildman–Crippen MR) is 95.3 cm³/mol. The Morgan fingerprint density at radius 2 is 2.00 bits per heavy atom. The number of hydrogen-bond donors (Lipinski definition) is 1. The molecule has 0 bridgehead atoms. The summed E-state index contributed by atoms with van der Waals surface area (Å²) in [5.41, 5.74) is 5.19. The summed E-state index contributed by atoms with van der Waals surface area (Å²) in [7, 11) is 0. The first-order chi connectivity index (χ1) is 11.7. The largest absolute Gasteiger partial charge is 0.378 e. The molecule has 1 N–H and O–H groups in total. The molecule has 0 aromatic heterocycles. The van der Waals surface area contributed by atoms with Crippen LogP contribution in [0.1, 0.15) is 42.0 Å². The van der Waals surface area contributed by atoms with Crippen molar-refractivity contribution in [3.63, 3.8) is 0 Å². The number of benzene rings is 2. The molecule has 0 fully saturated rings.